The highest BCUT2D eigenvalue weighted by atomic mass is 16.1. The van der Waals surface area contributed by atoms with E-state index in [4.69, 9.17) is 0 Å². The van der Waals surface area contributed by atoms with E-state index >= 15 is 0 Å². The molecular weight excluding hydrogens is 210 g/mol. The molecule has 86 valence electrons. The lowest BCUT2D eigenvalue weighted by atomic mass is 9.99. The summed E-state index contributed by atoms with van der Waals surface area (Å²) in [7, 11) is 0. The topological polar surface area (TPSA) is 30.0 Å². The maximum absolute atomic E-state index is 12.4. The summed E-state index contributed by atoms with van der Waals surface area (Å²) >= 11 is 0. The summed E-state index contributed by atoms with van der Waals surface area (Å²) < 4.78 is 0. The quantitative estimate of drug-likeness (QED) is 0.732. The first-order valence-electron chi connectivity index (χ1n) is 5.97. The van der Waals surface area contributed by atoms with Crippen LogP contribution in [-0.4, -0.2) is 10.8 Å². The van der Waals surface area contributed by atoms with E-state index < -0.39 is 0 Å². The summed E-state index contributed by atoms with van der Waals surface area (Å²) in [5, 5.41) is 1.04. The van der Waals surface area contributed by atoms with Gasteiger partial charge in [-0.1, -0.05) is 32.0 Å². The second-order valence-electron chi connectivity index (χ2n) is 5.49. The van der Waals surface area contributed by atoms with Crippen molar-refractivity contribution in [3.63, 3.8) is 0 Å². The summed E-state index contributed by atoms with van der Waals surface area (Å²) in [6, 6.07) is 9.73. The summed E-state index contributed by atoms with van der Waals surface area (Å²) in [6.45, 7) is 4.29. The Kier molecular flexibility index (Phi) is 2.09. The van der Waals surface area contributed by atoms with Gasteiger partial charge in [0, 0.05) is 23.1 Å². The molecule has 2 heteroatoms. The van der Waals surface area contributed by atoms with Gasteiger partial charge in [-0.2, -0.15) is 0 Å². The number of pyridine rings is 1. The molecule has 0 amide bonds. The zero-order valence-corrected chi connectivity index (χ0v) is 10.1. The summed E-state index contributed by atoms with van der Waals surface area (Å²) in [5.74, 6) is 0.425. The van der Waals surface area contributed by atoms with Gasteiger partial charge in [-0.05, 0) is 24.0 Å². The maximum atomic E-state index is 12.4. The minimum absolute atomic E-state index is 0.175. The van der Waals surface area contributed by atoms with Crippen molar-refractivity contribution in [2.45, 2.75) is 20.3 Å². The number of fused-ring (bicyclic) bond motifs is 1. The zero-order chi connectivity index (χ0) is 12.0. The molecule has 1 aliphatic rings. The Morgan fingerprint density at radius 3 is 2.71 bits per heavy atom. The van der Waals surface area contributed by atoms with Crippen LogP contribution in [0.5, 0.6) is 0 Å². The van der Waals surface area contributed by atoms with Gasteiger partial charge in [0.2, 0.25) is 0 Å². The van der Waals surface area contributed by atoms with Gasteiger partial charge in [0.25, 0.3) is 0 Å². The minimum Gasteiger partial charge on any atom is -0.294 e. The first kappa shape index (κ1) is 10.5. The number of Topliss-reactive ketones (excluding diaryl/α,β-unsaturated/α-hetero) is 1. The number of para-hydroxylation sites is 1. The van der Waals surface area contributed by atoms with Gasteiger partial charge in [0.1, 0.15) is 0 Å². The van der Waals surface area contributed by atoms with Crippen LogP contribution in [0, 0.1) is 11.3 Å². The Hall–Kier alpha value is -1.70. The van der Waals surface area contributed by atoms with Crippen molar-refractivity contribution in [2.24, 2.45) is 11.3 Å². The Labute approximate surface area is 101 Å². The van der Waals surface area contributed by atoms with Crippen molar-refractivity contribution in [1.29, 1.82) is 0 Å². The van der Waals surface area contributed by atoms with Gasteiger partial charge in [0.15, 0.2) is 5.78 Å². The maximum Gasteiger partial charge on any atom is 0.168 e. The molecule has 1 unspecified atom stereocenters. The van der Waals surface area contributed by atoms with E-state index in [2.05, 4.69) is 18.8 Å². The third-order valence-electron chi connectivity index (χ3n) is 3.73. The van der Waals surface area contributed by atoms with Crippen LogP contribution in [0.4, 0.5) is 0 Å². The Morgan fingerprint density at radius 2 is 2.00 bits per heavy atom. The molecule has 2 nitrogen and oxygen atoms in total. The molecule has 1 fully saturated rings. The molecule has 2 aromatic rings. The molecule has 1 saturated carbocycles. The molecule has 0 aliphatic heterocycles. The van der Waals surface area contributed by atoms with Crippen LogP contribution in [0.2, 0.25) is 0 Å². The molecule has 1 aliphatic carbocycles. The van der Waals surface area contributed by atoms with Crippen LogP contribution >= 0.6 is 0 Å². The molecule has 1 heterocycles. The van der Waals surface area contributed by atoms with Gasteiger partial charge in [-0.3, -0.25) is 9.78 Å². The van der Waals surface area contributed by atoms with Crippen molar-refractivity contribution >= 4 is 16.7 Å². The summed E-state index contributed by atoms with van der Waals surface area (Å²) in [4.78, 5) is 16.7. The molecule has 0 spiro atoms. The van der Waals surface area contributed by atoms with E-state index in [9.17, 15) is 4.79 Å². The number of aromatic nitrogens is 1. The summed E-state index contributed by atoms with van der Waals surface area (Å²) in [6.07, 6.45) is 2.74. The number of carbonyl (C=O) groups is 1. The van der Waals surface area contributed by atoms with Crippen molar-refractivity contribution in [1.82, 2.24) is 4.98 Å². The van der Waals surface area contributed by atoms with Gasteiger partial charge >= 0.3 is 0 Å². The number of hydrogen-bond acceptors (Lipinski definition) is 2. The lowest BCUT2D eigenvalue weighted by Gasteiger charge is -2.06. The third-order valence-corrected chi connectivity index (χ3v) is 3.73. The van der Waals surface area contributed by atoms with E-state index in [1.54, 1.807) is 6.20 Å². The van der Waals surface area contributed by atoms with E-state index in [1.807, 2.05) is 30.3 Å². The van der Waals surface area contributed by atoms with Crippen molar-refractivity contribution in [3.8, 4) is 0 Å². The van der Waals surface area contributed by atoms with Crippen LogP contribution in [-0.2, 0) is 0 Å². The fourth-order valence-electron chi connectivity index (χ4n) is 2.41. The predicted octanol–water partition coefficient (Wildman–Crippen LogP) is 3.46. The number of hydrogen-bond donors (Lipinski definition) is 0. The largest absolute Gasteiger partial charge is 0.294 e. The number of rotatable bonds is 2. The molecule has 0 radical (unpaired) electrons. The van der Waals surface area contributed by atoms with Gasteiger partial charge in [-0.15, -0.1) is 0 Å². The smallest absolute Gasteiger partial charge is 0.168 e. The molecule has 0 N–H and O–H groups in total. The lowest BCUT2D eigenvalue weighted by molar-refractivity contribution is 0.0955. The molecule has 1 aromatic heterocycles. The molecule has 1 atom stereocenters. The standard InChI is InChI=1S/C15H15NO/c1-15(2)9-12(15)14(17)11-7-3-5-10-6-4-8-16-13(10)11/h3-8,12H,9H2,1-2H3. The van der Waals surface area contributed by atoms with Crippen molar-refractivity contribution in [2.75, 3.05) is 0 Å². The second-order valence-corrected chi connectivity index (χ2v) is 5.49. The normalized spacial score (nSPS) is 21.4. The Balaban J connectivity index is 2.09. The van der Waals surface area contributed by atoms with Crippen molar-refractivity contribution in [3.05, 3.63) is 42.1 Å². The molecule has 0 saturated heterocycles. The van der Waals surface area contributed by atoms with Crippen molar-refractivity contribution < 1.29 is 4.79 Å². The minimum atomic E-state index is 0.175. The number of nitrogens with zero attached hydrogens (tertiary/aromatic N) is 1. The van der Waals surface area contributed by atoms with Gasteiger partial charge < -0.3 is 0 Å². The molecular formula is C15H15NO. The van der Waals surface area contributed by atoms with E-state index in [-0.39, 0.29) is 17.1 Å². The highest BCUT2D eigenvalue weighted by molar-refractivity contribution is 6.09. The highest BCUT2D eigenvalue weighted by Gasteiger charge is 2.50. The van der Waals surface area contributed by atoms with Crippen LogP contribution in [0.15, 0.2) is 36.5 Å². The highest BCUT2D eigenvalue weighted by Crippen LogP contribution is 2.53. The van der Waals surface area contributed by atoms with Gasteiger partial charge in [0.05, 0.1) is 5.52 Å². The van der Waals surface area contributed by atoms with Crippen LogP contribution < -0.4 is 0 Å². The molecule has 0 bridgehead atoms. The average molecular weight is 225 g/mol. The van der Waals surface area contributed by atoms with Crippen LogP contribution in [0.3, 0.4) is 0 Å². The average Bonchev–Trinajstić information content (AvgIpc) is 2.97. The number of carbonyl (C=O) groups excluding carboxylic acids is 1. The SMILES string of the molecule is CC1(C)CC1C(=O)c1cccc2cccnc12. The van der Waals surface area contributed by atoms with E-state index in [0.29, 0.717) is 0 Å². The first-order valence-corrected chi connectivity index (χ1v) is 5.97. The summed E-state index contributed by atoms with van der Waals surface area (Å²) in [5.41, 5.74) is 1.79. The van der Waals surface area contributed by atoms with Crippen LogP contribution in [0.1, 0.15) is 30.6 Å². The van der Waals surface area contributed by atoms with Crippen LogP contribution in [0.25, 0.3) is 10.9 Å². The first-order chi connectivity index (χ1) is 8.09. The predicted molar refractivity (Wildman–Crippen MR) is 68.0 cm³/mol. The lowest BCUT2D eigenvalue weighted by Crippen LogP contribution is -2.07. The second kappa shape index (κ2) is 3.39. The molecule has 3 rings (SSSR count). The fourth-order valence-corrected chi connectivity index (χ4v) is 2.41. The molecule has 17 heavy (non-hydrogen) atoms. The Bertz CT molecular complexity index is 595. The van der Waals surface area contributed by atoms with Gasteiger partial charge in [-0.25, -0.2) is 0 Å². The monoisotopic (exact) mass is 225 g/mol. The zero-order valence-electron chi connectivity index (χ0n) is 10.1. The number of benzene rings is 1. The third kappa shape index (κ3) is 1.64. The number of ketones is 1. The van der Waals surface area contributed by atoms with E-state index in [1.165, 1.54) is 0 Å². The van der Waals surface area contributed by atoms with E-state index in [0.717, 1.165) is 22.9 Å². The fraction of sp³-hybridized carbons (Fsp3) is 0.333. The molecule has 1 aromatic carbocycles. The Morgan fingerprint density at radius 1 is 1.29 bits per heavy atom.